The van der Waals surface area contributed by atoms with E-state index in [1.807, 2.05) is 77.1 Å². The summed E-state index contributed by atoms with van der Waals surface area (Å²) in [4.78, 5) is 12.4. The first-order valence-electron chi connectivity index (χ1n) is 16.1. The zero-order valence-electron chi connectivity index (χ0n) is 28.5. The molecule has 0 bridgehead atoms. The first-order chi connectivity index (χ1) is 21.6. The Balaban J connectivity index is 1.50. The highest BCUT2D eigenvalue weighted by Crippen LogP contribution is 2.51. The van der Waals surface area contributed by atoms with Gasteiger partial charge in [0.2, 0.25) is 0 Å². The number of nitrogens with one attached hydrogen (secondary N) is 1. The van der Waals surface area contributed by atoms with Gasteiger partial charge >= 0.3 is 6.09 Å². The SMILES string of the molecule is C=CC[C@@]1(c2ccc(NC(=O)OC(C)(C)C)cc2)O[C@H](CO[Si](c2ccccc2)(c2ccccc2)C(C)(C)C)[C@H]2OC(C)(C)O[C@H]21. The van der Waals surface area contributed by atoms with Gasteiger partial charge in [0.15, 0.2) is 5.79 Å². The van der Waals surface area contributed by atoms with Crippen LogP contribution in [0.5, 0.6) is 0 Å². The maximum absolute atomic E-state index is 12.4. The minimum atomic E-state index is -2.83. The van der Waals surface area contributed by atoms with Gasteiger partial charge in [0.1, 0.15) is 29.5 Å². The molecule has 0 saturated carbocycles. The molecule has 1 N–H and O–H groups in total. The Morgan fingerprint density at radius 3 is 1.93 bits per heavy atom. The number of hydrogen-bond donors (Lipinski definition) is 1. The van der Waals surface area contributed by atoms with E-state index in [0.717, 1.165) is 5.56 Å². The molecule has 2 fully saturated rings. The molecule has 0 spiro atoms. The van der Waals surface area contributed by atoms with E-state index in [4.69, 9.17) is 23.4 Å². The number of carbonyl (C=O) groups is 1. The van der Waals surface area contributed by atoms with E-state index in [1.165, 1.54) is 10.4 Å². The number of amides is 1. The minimum absolute atomic E-state index is 0.185. The van der Waals surface area contributed by atoms with Crippen molar-refractivity contribution >= 4 is 30.5 Å². The zero-order chi connectivity index (χ0) is 33.4. The molecule has 0 radical (unpaired) electrons. The summed E-state index contributed by atoms with van der Waals surface area (Å²) in [5.74, 6) is -0.806. The van der Waals surface area contributed by atoms with E-state index in [-0.39, 0.29) is 11.1 Å². The Kier molecular flexibility index (Phi) is 9.43. The molecule has 4 atom stereocenters. The third-order valence-electron chi connectivity index (χ3n) is 8.66. The number of fused-ring (bicyclic) bond motifs is 1. The number of hydrogen-bond acceptors (Lipinski definition) is 6. The maximum Gasteiger partial charge on any atom is 0.412 e. The summed E-state index contributed by atoms with van der Waals surface area (Å²) in [5, 5.41) is 5.04. The van der Waals surface area contributed by atoms with Gasteiger partial charge in [-0.15, -0.1) is 6.58 Å². The largest absolute Gasteiger partial charge is 0.444 e. The van der Waals surface area contributed by atoms with Gasteiger partial charge < -0.3 is 23.4 Å². The van der Waals surface area contributed by atoms with Gasteiger partial charge in [0.25, 0.3) is 8.32 Å². The Morgan fingerprint density at radius 1 is 0.870 bits per heavy atom. The zero-order valence-corrected chi connectivity index (χ0v) is 29.5. The Hall–Kier alpha value is -3.27. The third kappa shape index (κ3) is 6.73. The summed E-state index contributed by atoms with van der Waals surface area (Å²) in [6.07, 6.45) is 0.679. The number of carbonyl (C=O) groups excluding carboxylic acids is 1. The molecule has 2 aliphatic heterocycles. The van der Waals surface area contributed by atoms with Crippen LogP contribution < -0.4 is 15.7 Å². The fourth-order valence-electron chi connectivity index (χ4n) is 6.91. The predicted octanol–water partition coefficient (Wildman–Crippen LogP) is 7.30. The molecule has 2 heterocycles. The van der Waals surface area contributed by atoms with Gasteiger partial charge in [-0.05, 0) is 67.7 Å². The molecule has 8 heteroatoms. The van der Waals surface area contributed by atoms with Crippen molar-refractivity contribution in [1.29, 1.82) is 0 Å². The summed E-state index contributed by atoms with van der Waals surface area (Å²) >= 11 is 0. The highest BCUT2D eigenvalue weighted by Gasteiger charge is 2.63. The molecule has 2 aliphatic rings. The van der Waals surface area contributed by atoms with E-state index in [9.17, 15) is 4.79 Å². The topological polar surface area (TPSA) is 75.3 Å². The van der Waals surface area contributed by atoms with Gasteiger partial charge in [-0.1, -0.05) is 99.6 Å². The molecule has 0 aromatic heterocycles. The van der Waals surface area contributed by atoms with Crippen LogP contribution >= 0.6 is 0 Å². The molecule has 0 aliphatic carbocycles. The van der Waals surface area contributed by atoms with E-state index in [2.05, 4.69) is 81.2 Å². The Labute approximate surface area is 275 Å². The molecule has 3 aromatic carbocycles. The van der Waals surface area contributed by atoms with Crippen LogP contribution in [-0.2, 0) is 29.0 Å². The summed E-state index contributed by atoms with van der Waals surface area (Å²) < 4.78 is 33.0. The lowest BCUT2D eigenvalue weighted by Crippen LogP contribution is -2.67. The lowest BCUT2D eigenvalue weighted by atomic mass is 9.84. The van der Waals surface area contributed by atoms with Crippen molar-refractivity contribution in [1.82, 2.24) is 0 Å². The molecule has 2 saturated heterocycles. The molecule has 1 amide bonds. The Bertz CT molecular complexity index is 1460. The smallest absolute Gasteiger partial charge is 0.412 e. The second-order valence-electron chi connectivity index (χ2n) is 14.7. The molecule has 3 aromatic rings. The number of anilines is 1. The standard InChI is InChI=1S/C38H49NO6Si/c1-10-25-38(27-21-23-28(24-22-27)39-34(40)45-35(2,3)4)33-32(43-37(8,9)44-33)31(42-38)26-41-46(36(5,6)7,29-17-13-11-14-18-29)30-19-15-12-16-20-30/h10-24,31-33H,1,25-26H2,2-9H3,(H,39,40)/t31-,32-,33-,38+/m1/s1. The number of rotatable bonds is 9. The van der Waals surface area contributed by atoms with Gasteiger partial charge in [0.05, 0.1) is 6.61 Å². The molecule has 7 nitrogen and oxygen atoms in total. The van der Waals surface area contributed by atoms with Crippen LogP contribution in [-0.4, -0.2) is 50.7 Å². The first-order valence-corrected chi connectivity index (χ1v) is 18.0. The van der Waals surface area contributed by atoms with Crippen LogP contribution in [0.2, 0.25) is 5.04 Å². The van der Waals surface area contributed by atoms with Crippen molar-refractivity contribution < 1.29 is 28.2 Å². The van der Waals surface area contributed by atoms with E-state index in [0.29, 0.717) is 18.7 Å². The second-order valence-corrected chi connectivity index (χ2v) is 19.0. The van der Waals surface area contributed by atoms with Crippen LogP contribution in [0.25, 0.3) is 0 Å². The number of benzene rings is 3. The van der Waals surface area contributed by atoms with Crippen molar-refractivity contribution in [3.05, 3.63) is 103 Å². The normalized spacial score (nSPS) is 24.3. The van der Waals surface area contributed by atoms with Crippen LogP contribution in [0.3, 0.4) is 0 Å². The van der Waals surface area contributed by atoms with E-state index in [1.54, 1.807) is 0 Å². The third-order valence-corrected chi connectivity index (χ3v) is 13.7. The summed E-state index contributed by atoms with van der Waals surface area (Å²) in [7, 11) is -2.83. The lowest BCUT2D eigenvalue weighted by Gasteiger charge is -2.43. The van der Waals surface area contributed by atoms with Crippen molar-refractivity contribution in [2.24, 2.45) is 0 Å². The van der Waals surface area contributed by atoms with Crippen molar-refractivity contribution in [2.45, 2.75) is 102 Å². The Morgan fingerprint density at radius 2 is 1.43 bits per heavy atom. The maximum atomic E-state index is 12.4. The molecule has 5 rings (SSSR count). The van der Waals surface area contributed by atoms with E-state index >= 15 is 0 Å². The average molecular weight is 644 g/mol. The van der Waals surface area contributed by atoms with Gasteiger partial charge in [-0.2, -0.15) is 0 Å². The second kappa shape index (κ2) is 12.7. The summed E-state index contributed by atoms with van der Waals surface area (Å²) in [6.45, 7) is 20.6. The van der Waals surface area contributed by atoms with Crippen molar-refractivity contribution in [3.63, 3.8) is 0 Å². The van der Waals surface area contributed by atoms with Gasteiger partial charge in [-0.25, -0.2) is 4.79 Å². The van der Waals surface area contributed by atoms with Crippen molar-refractivity contribution in [3.8, 4) is 0 Å². The summed E-state index contributed by atoms with van der Waals surface area (Å²) in [6, 6.07) is 28.8. The molecule has 46 heavy (non-hydrogen) atoms. The molecular weight excluding hydrogens is 595 g/mol. The van der Waals surface area contributed by atoms with Crippen LogP contribution in [0, 0.1) is 0 Å². The highest BCUT2D eigenvalue weighted by atomic mass is 28.4. The van der Waals surface area contributed by atoms with E-state index < -0.39 is 43.6 Å². The molecule has 246 valence electrons. The van der Waals surface area contributed by atoms with Crippen LogP contribution in [0.15, 0.2) is 97.6 Å². The monoisotopic (exact) mass is 643 g/mol. The quantitative estimate of drug-likeness (QED) is 0.195. The van der Waals surface area contributed by atoms with Crippen LogP contribution in [0.4, 0.5) is 10.5 Å². The fourth-order valence-corrected chi connectivity index (χ4v) is 11.5. The number of ether oxygens (including phenoxy) is 4. The summed E-state index contributed by atoms with van der Waals surface area (Å²) in [5.41, 5.74) is 0.0654. The van der Waals surface area contributed by atoms with Gasteiger partial charge in [-0.3, -0.25) is 5.32 Å². The fraction of sp³-hybridized carbons (Fsp3) is 0.447. The molecule has 0 unspecified atom stereocenters. The lowest BCUT2D eigenvalue weighted by molar-refractivity contribution is -0.214. The molecular formula is C38H49NO6Si. The van der Waals surface area contributed by atoms with Crippen LogP contribution in [0.1, 0.15) is 67.4 Å². The highest BCUT2D eigenvalue weighted by molar-refractivity contribution is 6.99. The van der Waals surface area contributed by atoms with Gasteiger partial charge in [0, 0.05) is 12.1 Å². The predicted molar refractivity (Wildman–Crippen MR) is 185 cm³/mol. The first kappa shape index (κ1) is 34.1. The average Bonchev–Trinajstić information content (AvgIpc) is 3.45. The minimum Gasteiger partial charge on any atom is -0.444 e. The van der Waals surface area contributed by atoms with Crippen molar-refractivity contribution in [2.75, 3.05) is 11.9 Å².